The molecule has 0 spiro atoms. The van der Waals surface area contributed by atoms with Gasteiger partial charge in [-0.25, -0.2) is 0 Å². The molecular formula is C27H24ClNO3. The first-order valence-electron chi connectivity index (χ1n) is 10.5. The fourth-order valence-electron chi connectivity index (χ4n) is 4.70. The number of hydrogen-bond acceptors (Lipinski definition) is 4. The fourth-order valence-corrected chi connectivity index (χ4v) is 4.90. The number of allylic oxidation sites excluding steroid dienone is 1. The highest BCUT2D eigenvalue weighted by molar-refractivity contribution is 6.30. The van der Waals surface area contributed by atoms with Crippen LogP contribution in [-0.2, 0) is 0 Å². The van der Waals surface area contributed by atoms with Crippen molar-refractivity contribution >= 4 is 34.7 Å². The van der Waals surface area contributed by atoms with E-state index in [4.69, 9.17) is 21.1 Å². The van der Waals surface area contributed by atoms with Gasteiger partial charge in [0.05, 0.1) is 18.2 Å². The minimum atomic E-state index is -0.161. The Balaban J connectivity index is 1.84. The van der Waals surface area contributed by atoms with Crippen molar-refractivity contribution in [2.24, 2.45) is 0 Å². The van der Waals surface area contributed by atoms with Crippen LogP contribution in [-0.4, -0.2) is 17.8 Å². The highest BCUT2D eigenvalue weighted by atomic mass is 35.5. The number of hydrogen-bond donors (Lipinski definition) is 2. The van der Waals surface area contributed by atoms with Crippen molar-refractivity contribution in [2.75, 3.05) is 12.4 Å². The third-order valence-corrected chi connectivity index (χ3v) is 6.05. The van der Waals surface area contributed by atoms with E-state index in [1.54, 1.807) is 19.2 Å². The standard InChI is InChI=1S/C27H24ClNO3/c1-15-14-27(2,3)29-19-9-8-18-24(23(15)19)22(13-16-6-5-7-17(28)12-16)32-21-11-10-20(30)26(31-4)25(18)21/h5-14,29-30H,1-4H3. The predicted molar refractivity (Wildman–Crippen MR) is 131 cm³/mol. The molecule has 3 aromatic rings. The van der Waals surface area contributed by atoms with Crippen molar-refractivity contribution in [3.05, 3.63) is 76.3 Å². The summed E-state index contributed by atoms with van der Waals surface area (Å²) >= 11 is 6.24. The van der Waals surface area contributed by atoms with Gasteiger partial charge in [0.2, 0.25) is 0 Å². The van der Waals surface area contributed by atoms with Crippen LogP contribution < -0.4 is 14.8 Å². The van der Waals surface area contributed by atoms with Crippen LogP contribution in [0.15, 0.2) is 54.6 Å². The molecule has 0 amide bonds. The summed E-state index contributed by atoms with van der Waals surface area (Å²) in [4.78, 5) is 0. The van der Waals surface area contributed by atoms with Crippen LogP contribution in [0.25, 0.3) is 28.5 Å². The van der Waals surface area contributed by atoms with E-state index in [1.807, 2.05) is 30.3 Å². The smallest absolute Gasteiger partial charge is 0.172 e. The second kappa shape index (κ2) is 7.35. The zero-order chi connectivity index (χ0) is 22.6. The molecule has 0 saturated heterocycles. The van der Waals surface area contributed by atoms with E-state index in [2.05, 4.69) is 44.3 Å². The van der Waals surface area contributed by atoms with Crippen LogP contribution in [0, 0.1) is 0 Å². The van der Waals surface area contributed by atoms with Crippen molar-refractivity contribution in [1.82, 2.24) is 0 Å². The normalized spacial score (nSPS) is 16.8. The monoisotopic (exact) mass is 445 g/mol. The number of methoxy groups -OCH3 is 1. The van der Waals surface area contributed by atoms with Gasteiger partial charge >= 0.3 is 0 Å². The van der Waals surface area contributed by atoms with Crippen molar-refractivity contribution in [3.8, 4) is 28.4 Å². The van der Waals surface area contributed by atoms with E-state index in [0.717, 1.165) is 39.1 Å². The van der Waals surface area contributed by atoms with E-state index in [0.29, 0.717) is 22.3 Å². The summed E-state index contributed by atoms with van der Waals surface area (Å²) in [6.07, 6.45) is 4.22. The van der Waals surface area contributed by atoms with E-state index < -0.39 is 0 Å². The molecule has 0 aliphatic carbocycles. The fraction of sp³-hybridized carbons (Fsp3) is 0.185. The number of anilines is 1. The number of ether oxygens (including phenoxy) is 2. The quantitative estimate of drug-likeness (QED) is 0.437. The second-order valence-corrected chi connectivity index (χ2v) is 9.18. The Morgan fingerprint density at radius 1 is 1.06 bits per heavy atom. The van der Waals surface area contributed by atoms with Gasteiger partial charge in [0.25, 0.3) is 0 Å². The number of benzene rings is 3. The van der Waals surface area contributed by atoms with Crippen LogP contribution in [0.4, 0.5) is 5.69 Å². The van der Waals surface area contributed by atoms with Gasteiger partial charge in [0.1, 0.15) is 11.5 Å². The summed E-state index contributed by atoms with van der Waals surface area (Å²) in [5.41, 5.74) is 6.69. The molecule has 2 aliphatic heterocycles. The number of rotatable bonds is 2. The Bertz CT molecular complexity index is 1320. The van der Waals surface area contributed by atoms with Crippen LogP contribution in [0.2, 0.25) is 5.02 Å². The second-order valence-electron chi connectivity index (χ2n) is 8.74. The molecule has 2 aliphatic rings. The minimum absolute atomic E-state index is 0.0762. The first-order valence-corrected chi connectivity index (χ1v) is 10.9. The van der Waals surface area contributed by atoms with E-state index in [-0.39, 0.29) is 11.3 Å². The molecule has 5 heteroatoms. The molecule has 0 aromatic heterocycles. The Kier molecular flexibility index (Phi) is 4.72. The molecule has 4 nitrogen and oxygen atoms in total. The molecule has 0 radical (unpaired) electrons. The lowest BCUT2D eigenvalue weighted by Gasteiger charge is -2.35. The van der Waals surface area contributed by atoms with Crippen LogP contribution in [0.5, 0.6) is 17.2 Å². The van der Waals surface area contributed by atoms with Gasteiger partial charge in [-0.1, -0.05) is 35.9 Å². The highest BCUT2D eigenvalue weighted by Gasteiger charge is 2.33. The zero-order valence-electron chi connectivity index (χ0n) is 18.4. The lowest BCUT2D eigenvalue weighted by atomic mass is 9.83. The molecule has 32 heavy (non-hydrogen) atoms. The van der Waals surface area contributed by atoms with E-state index >= 15 is 0 Å². The van der Waals surface area contributed by atoms with Gasteiger partial charge in [0, 0.05) is 27.4 Å². The molecule has 162 valence electrons. The van der Waals surface area contributed by atoms with E-state index in [1.165, 1.54) is 0 Å². The molecule has 3 aromatic carbocycles. The molecule has 2 heterocycles. The SMILES string of the molecule is COc1c(O)ccc2c1-c1ccc3c(c1C(=Cc1cccc(Cl)c1)O2)C(C)=CC(C)(C)N3. The third kappa shape index (κ3) is 3.32. The highest BCUT2D eigenvalue weighted by Crippen LogP contribution is 2.54. The van der Waals surface area contributed by atoms with Crippen molar-refractivity contribution in [1.29, 1.82) is 0 Å². The lowest BCUT2D eigenvalue weighted by Crippen LogP contribution is -2.32. The van der Waals surface area contributed by atoms with Crippen molar-refractivity contribution < 1.29 is 14.6 Å². The Morgan fingerprint density at radius 3 is 2.62 bits per heavy atom. The third-order valence-electron chi connectivity index (χ3n) is 5.82. The first kappa shape index (κ1) is 20.5. The Morgan fingerprint density at radius 2 is 1.88 bits per heavy atom. The maximum atomic E-state index is 10.4. The molecular weight excluding hydrogens is 422 g/mol. The molecule has 0 saturated carbocycles. The largest absolute Gasteiger partial charge is 0.504 e. The molecule has 0 unspecified atom stereocenters. The summed E-state index contributed by atoms with van der Waals surface area (Å²) in [6.45, 7) is 6.41. The van der Waals surface area contributed by atoms with Gasteiger partial charge in [-0.2, -0.15) is 0 Å². The molecule has 0 fully saturated rings. The average Bonchev–Trinajstić information content (AvgIpc) is 2.72. The molecule has 2 N–H and O–H groups in total. The van der Waals surface area contributed by atoms with Crippen LogP contribution in [0.1, 0.15) is 37.5 Å². The summed E-state index contributed by atoms with van der Waals surface area (Å²) in [6, 6.07) is 15.2. The molecule has 0 bridgehead atoms. The van der Waals surface area contributed by atoms with Gasteiger partial charge in [-0.05, 0) is 68.3 Å². The number of halogens is 1. The number of aromatic hydroxyl groups is 1. The average molecular weight is 446 g/mol. The van der Waals surface area contributed by atoms with Crippen molar-refractivity contribution in [3.63, 3.8) is 0 Å². The van der Waals surface area contributed by atoms with Crippen LogP contribution >= 0.6 is 11.6 Å². The van der Waals surface area contributed by atoms with Gasteiger partial charge < -0.3 is 19.9 Å². The van der Waals surface area contributed by atoms with Gasteiger partial charge in [-0.3, -0.25) is 0 Å². The van der Waals surface area contributed by atoms with Crippen molar-refractivity contribution in [2.45, 2.75) is 26.3 Å². The number of phenolic OH excluding ortho intramolecular Hbond substituents is 1. The summed E-state index contributed by atoms with van der Waals surface area (Å²) < 4.78 is 12.0. The number of fused-ring (bicyclic) bond motifs is 5. The molecule has 0 atom stereocenters. The predicted octanol–water partition coefficient (Wildman–Crippen LogP) is 7.22. The summed E-state index contributed by atoms with van der Waals surface area (Å²) in [5.74, 6) is 1.82. The number of phenols is 1. The minimum Gasteiger partial charge on any atom is -0.504 e. The molecule has 5 rings (SSSR count). The summed E-state index contributed by atoms with van der Waals surface area (Å²) in [7, 11) is 1.56. The Hall–Kier alpha value is -3.37. The zero-order valence-corrected chi connectivity index (χ0v) is 19.2. The Labute approximate surface area is 192 Å². The maximum absolute atomic E-state index is 10.4. The first-order chi connectivity index (χ1) is 15.3. The van der Waals surface area contributed by atoms with E-state index in [9.17, 15) is 5.11 Å². The topological polar surface area (TPSA) is 50.7 Å². The van der Waals surface area contributed by atoms with Gasteiger partial charge in [-0.15, -0.1) is 0 Å². The lowest BCUT2D eigenvalue weighted by molar-refractivity contribution is 0.371. The summed E-state index contributed by atoms with van der Waals surface area (Å²) in [5, 5.41) is 14.7. The number of nitrogens with one attached hydrogen (secondary N) is 1. The van der Waals surface area contributed by atoms with Crippen LogP contribution in [0.3, 0.4) is 0 Å². The van der Waals surface area contributed by atoms with Gasteiger partial charge in [0.15, 0.2) is 11.5 Å². The maximum Gasteiger partial charge on any atom is 0.172 e.